The van der Waals surface area contributed by atoms with Crippen molar-refractivity contribution in [1.29, 1.82) is 0 Å². The summed E-state index contributed by atoms with van der Waals surface area (Å²) in [5.74, 6) is -1.26. The first-order chi connectivity index (χ1) is 17.4. The van der Waals surface area contributed by atoms with Gasteiger partial charge in [-0.1, -0.05) is 48.5 Å². The van der Waals surface area contributed by atoms with E-state index >= 15 is 0 Å². The molecule has 0 atom stereocenters. The molecule has 0 spiro atoms. The van der Waals surface area contributed by atoms with Gasteiger partial charge in [-0.15, -0.1) is 0 Å². The molecule has 5 rings (SSSR count). The highest BCUT2D eigenvalue weighted by molar-refractivity contribution is 8.18. The number of carbonyl (C=O) groups excluding carboxylic acids is 3. The number of aromatic nitrogens is 1. The van der Waals surface area contributed by atoms with Crippen molar-refractivity contribution in [3.63, 3.8) is 0 Å². The summed E-state index contributed by atoms with van der Waals surface area (Å²) in [4.78, 5) is 39.3. The minimum Gasteiger partial charge on any atom is -0.342 e. The van der Waals surface area contributed by atoms with Crippen molar-refractivity contribution in [2.75, 3.05) is 11.9 Å². The summed E-state index contributed by atoms with van der Waals surface area (Å²) in [5, 5.41) is 3.10. The summed E-state index contributed by atoms with van der Waals surface area (Å²) in [7, 11) is 0. The summed E-state index contributed by atoms with van der Waals surface area (Å²) in [6.45, 7) is 1.86. The third-order valence-electron chi connectivity index (χ3n) is 5.88. The minimum atomic E-state index is -0.518. The third-order valence-corrected chi connectivity index (χ3v) is 6.79. The van der Waals surface area contributed by atoms with Crippen LogP contribution in [0, 0.1) is 12.7 Å². The summed E-state index contributed by atoms with van der Waals surface area (Å²) in [5.41, 5.74) is 3.74. The van der Waals surface area contributed by atoms with Gasteiger partial charge in [-0.3, -0.25) is 19.3 Å². The number of benzene rings is 3. The van der Waals surface area contributed by atoms with Gasteiger partial charge in [-0.25, -0.2) is 4.39 Å². The normalized spacial score (nSPS) is 14.7. The van der Waals surface area contributed by atoms with Crippen LogP contribution in [0.3, 0.4) is 0 Å². The molecule has 4 aromatic rings. The molecule has 1 aliphatic heterocycles. The largest absolute Gasteiger partial charge is 0.342 e. The number of imide groups is 1. The van der Waals surface area contributed by atoms with E-state index in [0.717, 1.165) is 38.7 Å². The second kappa shape index (κ2) is 9.83. The van der Waals surface area contributed by atoms with Crippen LogP contribution in [0.4, 0.5) is 14.9 Å². The molecule has 1 aliphatic rings. The molecule has 36 heavy (non-hydrogen) atoms. The molecule has 3 amide bonds. The number of anilines is 1. The van der Waals surface area contributed by atoms with Crippen LogP contribution < -0.4 is 5.32 Å². The van der Waals surface area contributed by atoms with E-state index < -0.39 is 17.1 Å². The fourth-order valence-electron chi connectivity index (χ4n) is 4.18. The number of halogens is 1. The first-order valence-corrected chi connectivity index (χ1v) is 12.1. The second-order valence-corrected chi connectivity index (χ2v) is 9.50. The smallest absolute Gasteiger partial charge is 0.294 e. The number of fused-ring (bicyclic) bond motifs is 1. The predicted octanol–water partition coefficient (Wildman–Crippen LogP) is 5.81. The molecule has 2 heterocycles. The monoisotopic (exact) mass is 499 g/mol. The van der Waals surface area contributed by atoms with Crippen molar-refractivity contribution < 1.29 is 18.8 Å². The number of hydrogen-bond donors (Lipinski definition) is 1. The molecule has 0 saturated carbocycles. The molecule has 1 fully saturated rings. The molecule has 0 aliphatic carbocycles. The lowest BCUT2D eigenvalue weighted by Gasteiger charge is -2.12. The number of para-hydroxylation sites is 1. The Morgan fingerprint density at radius 1 is 1.03 bits per heavy atom. The first kappa shape index (κ1) is 23.6. The Morgan fingerprint density at radius 2 is 1.81 bits per heavy atom. The van der Waals surface area contributed by atoms with Gasteiger partial charge in [0.15, 0.2) is 0 Å². The van der Waals surface area contributed by atoms with Crippen LogP contribution in [0.2, 0.25) is 0 Å². The first-order valence-electron chi connectivity index (χ1n) is 11.3. The van der Waals surface area contributed by atoms with Gasteiger partial charge in [0.05, 0.1) is 11.4 Å². The molecule has 8 heteroatoms. The number of nitrogens with one attached hydrogen (secondary N) is 1. The van der Waals surface area contributed by atoms with Crippen molar-refractivity contribution in [2.45, 2.75) is 13.5 Å². The van der Waals surface area contributed by atoms with Crippen LogP contribution in [-0.4, -0.2) is 33.1 Å². The van der Waals surface area contributed by atoms with E-state index in [1.165, 1.54) is 6.07 Å². The number of hydrogen-bond acceptors (Lipinski definition) is 4. The van der Waals surface area contributed by atoms with E-state index in [1.54, 1.807) is 30.3 Å². The standard InChI is InChI=1S/C28H22FN3O3S/c1-18-7-6-9-21(13-18)30-26(33)17-32-27(34)25(36-28(32)35)14-20-16-31(24-12-5-3-10-22(20)24)15-19-8-2-4-11-23(19)29/h2-14,16H,15,17H2,1H3,(H,30,33). The van der Waals surface area contributed by atoms with Gasteiger partial charge < -0.3 is 9.88 Å². The van der Waals surface area contributed by atoms with Crippen molar-refractivity contribution in [3.8, 4) is 0 Å². The molecular weight excluding hydrogens is 477 g/mol. The Labute approximate surface area is 211 Å². The molecule has 1 saturated heterocycles. The number of rotatable bonds is 6. The predicted molar refractivity (Wildman–Crippen MR) is 140 cm³/mol. The van der Waals surface area contributed by atoms with Crippen molar-refractivity contribution >= 4 is 51.5 Å². The Kier molecular flexibility index (Phi) is 6.43. The fraction of sp³-hybridized carbons (Fsp3) is 0.107. The zero-order chi connectivity index (χ0) is 25.2. The number of amides is 3. The Hall–Kier alpha value is -4.17. The highest BCUT2D eigenvalue weighted by Crippen LogP contribution is 2.34. The molecular formula is C28H22FN3O3S. The van der Waals surface area contributed by atoms with Gasteiger partial charge in [0.25, 0.3) is 11.1 Å². The van der Waals surface area contributed by atoms with Crippen molar-refractivity contribution in [1.82, 2.24) is 9.47 Å². The average molecular weight is 500 g/mol. The topological polar surface area (TPSA) is 71.4 Å². The summed E-state index contributed by atoms with van der Waals surface area (Å²) >= 11 is 0.801. The maximum atomic E-state index is 14.3. The van der Waals surface area contributed by atoms with Crippen LogP contribution in [-0.2, 0) is 16.1 Å². The molecule has 0 unspecified atom stereocenters. The average Bonchev–Trinajstić information content (AvgIpc) is 3.32. The number of thioether (sulfide) groups is 1. The maximum absolute atomic E-state index is 14.3. The lowest BCUT2D eigenvalue weighted by Crippen LogP contribution is -2.36. The Balaban J connectivity index is 1.38. The lowest BCUT2D eigenvalue weighted by molar-refractivity contribution is -0.127. The van der Waals surface area contributed by atoms with E-state index in [9.17, 15) is 18.8 Å². The van der Waals surface area contributed by atoms with Crippen LogP contribution in [0.25, 0.3) is 17.0 Å². The highest BCUT2D eigenvalue weighted by Gasteiger charge is 2.36. The number of aryl methyl sites for hydroxylation is 1. The molecule has 1 N–H and O–H groups in total. The quantitative estimate of drug-likeness (QED) is 0.340. The number of carbonyl (C=O) groups is 3. The van der Waals surface area contributed by atoms with Gasteiger partial charge in [0.1, 0.15) is 12.4 Å². The Morgan fingerprint density at radius 3 is 2.61 bits per heavy atom. The molecule has 6 nitrogen and oxygen atoms in total. The Bertz CT molecular complexity index is 1540. The number of nitrogens with zero attached hydrogens (tertiary/aromatic N) is 2. The maximum Gasteiger partial charge on any atom is 0.294 e. The minimum absolute atomic E-state index is 0.233. The zero-order valence-corrected chi connectivity index (χ0v) is 20.2. The molecule has 0 radical (unpaired) electrons. The molecule has 3 aromatic carbocycles. The summed E-state index contributed by atoms with van der Waals surface area (Å²) < 4.78 is 16.2. The van der Waals surface area contributed by atoms with Crippen LogP contribution >= 0.6 is 11.8 Å². The SMILES string of the molecule is Cc1cccc(NC(=O)CN2C(=O)SC(=Cc3cn(Cc4ccccc4F)c4ccccc34)C2=O)c1. The van der Waals surface area contributed by atoms with Gasteiger partial charge in [0.2, 0.25) is 5.91 Å². The van der Waals surface area contributed by atoms with E-state index in [-0.39, 0.29) is 17.3 Å². The van der Waals surface area contributed by atoms with E-state index in [2.05, 4.69) is 5.32 Å². The van der Waals surface area contributed by atoms with Gasteiger partial charge >= 0.3 is 0 Å². The van der Waals surface area contributed by atoms with Crippen LogP contribution in [0.1, 0.15) is 16.7 Å². The summed E-state index contributed by atoms with van der Waals surface area (Å²) in [6.07, 6.45) is 3.50. The van der Waals surface area contributed by atoms with Crippen molar-refractivity contribution in [3.05, 3.63) is 106 Å². The summed E-state index contributed by atoms with van der Waals surface area (Å²) in [6, 6.07) is 21.5. The van der Waals surface area contributed by atoms with Crippen LogP contribution in [0.15, 0.2) is 83.9 Å². The van der Waals surface area contributed by atoms with Crippen LogP contribution in [0.5, 0.6) is 0 Å². The fourth-order valence-corrected chi connectivity index (χ4v) is 5.00. The highest BCUT2D eigenvalue weighted by atomic mass is 32.2. The van der Waals surface area contributed by atoms with E-state index in [0.29, 0.717) is 17.8 Å². The van der Waals surface area contributed by atoms with Crippen molar-refractivity contribution in [2.24, 2.45) is 0 Å². The molecule has 180 valence electrons. The van der Waals surface area contributed by atoms with Gasteiger partial charge in [-0.2, -0.15) is 0 Å². The third kappa shape index (κ3) is 4.81. The zero-order valence-electron chi connectivity index (χ0n) is 19.4. The molecule has 0 bridgehead atoms. The molecule has 1 aromatic heterocycles. The van der Waals surface area contributed by atoms with E-state index in [4.69, 9.17) is 0 Å². The van der Waals surface area contributed by atoms with Gasteiger partial charge in [0, 0.05) is 33.9 Å². The second-order valence-electron chi connectivity index (χ2n) is 8.51. The lowest BCUT2D eigenvalue weighted by atomic mass is 10.1. The van der Waals surface area contributed by atoms with E-state index in [1.807, 2.05) is 60.2 Å². The van der Waals surface area contributed by atoms with Gasteiger partial charge in [-0.05, 0) is 54.6 Å².